The topological polar surface area (TPSA) is 67.5 Å². The summed E-state index contributed by atoms with van der Waals surface area (Å²) in [7, 11) is 0. The molecule has 2 amide bonds. The number of nitrogens with zero attached hydrogens (tertiary/aromatic N) is 1. The van der Waals surface area contributed by atoms with Crippen LogP contribution in [0.5, 0.6) is 0 Å². The number of urea groups is 1. The fraction of sp³-hybridized carbons (Fsp3) is 0.800. The number of carbonyl (C=O) groups is 1. The van der Waals surface area contributed by atoms with Gasteiger partial charge in [0.05, 0.1) is 0 Å². The molecule has 4 heteroatoms. The van der Waals surface area contributed by atoms with Gasteiger partial charge < -0.3 is 5.73 Å². The second-order valence-corrected chi connectivity index (χ2v) is 4.35. The number of nitrogens with one attached hydrogen (secondary N) is 1. The Morgan fingerprint density at radius 1 is 1.43 bits per heavy atom. The normalized spacial score (nSPS) is 34.1. The van der Waals surface area contributed by atoms with Crippen molar-refractivity contribution in [3.8, 4) is 0 Å². The SMILES string of the molecule is NC(=O)N/N=C1/CC[C@@H]2CCC[C@@H]1C2. The zero-order valence-corrected chi connectivity index (χ0v) is 8.33. The van der Waals surface area contributed by atoms with Crippen LogP contribution in [0.4, 0.5) is 4.79 Å². The first kappa shape index (κ1) is 9.49. The van der Waals surface area contributed by atoms with E-state index in [0.717, 1.165) is 18.1 Å². The van der Waals surface area contributed by atoms with Crippen LogP contribution >= 0.6 is 0 Å². The monoisotopic (exact) mass is 195 g/mol. The third kappa shape index (κ3) is 2.05. The van der Waals surface area contributed by atoms with Crippen molar-refractivity contribution in [2.45, 2.75) is 38.5 Å². The fourth-order valence-corrected chi connectivity index (χ4v) is 2.69. The van der Waals surface area contributed by atoms with Gasteiger partial charge in [-0.1, -0.05) is 12.8 Å². The Labute approximate surface area is 83.9 Å². The standard InChI is InChI=1S/C10H17N3O/c11-10(14)13-12-9-5-4-7-2-1-3-8(9)6-7/h7-8H,1-6H2,(H3,11,13,14)/b12-9-/t7-,8+/m0/s1. The Bertz CT molecular complexity index is 262. The van der Waals surface area contributed by atoms with Crippen LogP contribution in [-0.2, 0) is 0 Å². The molecule has 0 heterocycles. The smallest absolute Gasteiger partial charge is 0.332 e. The zero-order chi connectivity index (χ0) is 9.97. The number of hydrogen-bond donors (Lipinski definition) is 2. The molecule has 0 radical (unpaired) electrons. The van der Waals surface area contributed by atoms with Crippen molar-refractivity contribution in [2.75, 3.05) is 0 Å². The van der Waals surface area contributed by atoms with E-state index in [1.165, 1.54) is 32.1 Å². The summed E-state index contributed by atoms with van der Waals surface area (Å²) in [4.78, 5) is 10.5. The second-order valence-electron chi connectivity index (χ2n) is 4.35. The number of rotatable bonds is 1. The van der Waals surface area contributed by atoms with Crippen molar-refractivity contribution in [2.24, 2.45) is 22.7 Å². The molecule has 0 aliphatic heterocycles. The van der Waals surface area contributed by atoms with Crippen molar-refractivity contribution in [3.05, 3.63) is 0 Å². The Balaban J connectivity index is 1.98. The summed E-state index contributed by atoms with van der Waals surface area (Å²) in [6.07, 6.45) is 7.46. The number of carbonyl (C=O) groups excluding carboxylic acids is 1. The Morgan fingerprint density at radius 2 is 2.29 bits per heavy atom. The van der Waals surface area contributed by atoms with Crippen LogP contribution < -0.4 is 11.2 Å². The minimum atomic E-state index is -0.560. The minimum Gasteiger partial charge on any atom is -0.350 e. The molecule has 2 fully saturated rings. The van der Waals surface area contributed by atoms with Crippen LogP contribution in [-0.4, -0.2) is 11.7 Å². The van der Waals surface area contributed by atoms with Crippen LogP contribution in [0.2, 0.25) is 0 Å². The van der Waals surface area contributed by atoms with E-state index in [2.05, 4.69) is 10.5 Å². The lowest BCUT2D eigenvalue weighted by Crippen LogP contribution is -2.32. The highest BCUT2D eigenvalue weighted by atomic mass is 16.2. The lowest BCUT2D eigenvalue weighted by atomic mass is 9.71. The van der Waals surface area contributed by atoms with E-state index in [-0.39, 0.29) is 0 Å². The molecular weight excluding hydrogens is 178 g/mol. The van der Waals surface area contributed by atoms with Gasteiger partial charge in [0.1, 0.15) is 0 Å². The third-order valence-corrected chi connectivity index (χ3v) is 3.37. The van der Waals surface area contributed by atoms with Gasteiger partial charge in [-0.05, 0) is 37.5 Å². The number of fused-ring (bicyclic) bond motifs is 2. The van der Waals surface area contributed by atoms with Gasteiger partial charge in [0.15, 0.2) is 0 Å². The van der Waals surface area contributed by atoms with Crippen molar-refractivity contribution in [1.82, 2.24) is 5.43 Å². The van der Waals surface area contributed by atoms with Crippen molar-refractivity contribution in [1.29, 1.82) is 0 Å². The highest BCUT2D eigenvalue weighted by Gasteiger charge is 2.30. The second kappa shape index (κ2) is 3.98. The first-order chi connectivity index (χ1) is 6.75. The molecule has 2 bridgehead atoms. The summed E-state index contributed by atoms with van der Waals surface area (Å²) in [6.45, 7) is 0. The number of hydrogen-bond acceptors (Lipinski definition) is 2. The van der Waals surface area contributed by atoms with Gasteiger partial charge in [-0.25, -0.2) is 10.2 Å². The van der Waals surface area contributed by atoms with Gasteiger partial charge in [-0.15, -0.1) is 0 Å². The van der Waals surface area contributed by atoms with E-state index in [1.54, 1.807) is 0 Å². The molecule has 3 N–H and O–H groups in total. The van der Waals surface area contributed by atoms with Gasteiger partial charge in [0, 0.05) is 5.71 Å². The maximum absolute atomic E-state index is 10.5. The van der Waals surface area contributed by atoms with Gasteiger partial charge >= 0.3 is 6.03 Å². The average Bonchev–Trinajstić information content (AvgIpc) is 2.17. The van der Waals surface area contributed by atoms with Gasteiger partial charge in [0.2, 0.25) is 0 Å². The molecule has 0 aromatic heterocycles. The van der Waals surface area contributed by atoms with Gasteiger partial charge in [-0.2, -0.15) is 5.10 Å². The van der Waals surface area contributed by atoms with E-state index >= 15 is 0 Å². The number of hydrazone groups is 1. The molecular formula is C10H17N3O. The predicted octanol–water partition coefficient (Wildman–Crippen LogP) is 1.61. The summed E-state index contributed by atoms with van der Waals surface area (Å²) in [5, 5.41) is 4.10. The molecule has 2 aliphatic rings. The van der Waals surface area contributed by atoms with Crippen LogP contribution in [0.15, 0.2) is 5.10 Å². The zero-order valence-electron chi connectivity index (χ0n) is 8.33. The summed E-state index contributed by atoms with van der Waals surface area (Å²) in [5.74, 6) is 1.51. The molecule has 0 unspecified atom stereocenters. The maximum Gasteiger partial charge on any atom is 0.332 e. The highest BCUT2D eigenvalue weighted by molar-refractivity contribution is 5.88. The van der Waals surface area contributed by atoms with E-state index in [1.807, 2.05) is 0 Å². The number of primary amides is 1. The molecule has 0 aromatic carbocycles. The summed E-state index contributed by atoms with van der Waals surface area (Å²) < 4.78 is 0. The Kier molecular flexibility index (Phi) is 2.70. The summed E-state index contributed by atoms with van der Waals surface area (Å²) in [6, 6.07) is -0.560. The van der Waals surface area contributed by atoms with Crippen molar-refractivity contribution in [3.63, 3.8) is 0 Å². The van der Waals surface area contributed by atoms with E-state index in [9.17, 15) is 4.79 Å². The molecule has 0 spiro atoms. The number of amides is 2. The molecule has 4 nitrogen and oxygen atoms in total. The molecule has 2 saturated carbocycles. The van der Waals surface area contributed by atoms with Gasteiger partial charge in [0.25, 0.3) is 0 Å². The van der Waals surface area contributed by atoms with Crippen LogP contribution in [0.25, 0.3) is 0 Å². The molecule has 2 rings (SSSR count). The van der Waals surface area contributed by atoms with Crippen molar-refractivity contribution < 1.29 is 4.79 Å². The van der Waals surface area contributed by atoms with Crippen molar-refractivity contribution >= 4 is 11.7 Å². The summed E-state index contributed by atoms with van der Waals surface area (Å²) >= 11 is 0. The summed E-state index contributed by atoms with van der Waals surface area (Å²) in [5.41, 5.74) is 8.48. The average molecular weight is 195 g/mol. The first-order valence-electron chi connectivity index (χ1n) is 5.37. The quantitative estimate of drug-likeness (QED) is 0.613. The molecule has 0 saturated heterocycles. The Morgan fingerprint density at radius 3 is 3.07 bits per heavy atom. The van der Waals surface area contributed by atoms with Crippen LogP contribution in [0.3, 0.4) is 0 Å². The minimum absolute atomic E-state index is 0.560. The molecule has 14 heavy (non-hydrogen) atoms. The molecule has 2 atom stereocenters. The highest BCUT2D eigenvalue weighted by Crippen LogP contribution is 2.38. The van der Waals surface area contributed by atoms with E-state index in [4.69, 9.17) is 5.73 Å². The maximum atomic E-state index is 10.5. The lowest BCUT2D eigenvalue weighted by molar-refractivity contribution is 0.248. The van der Waals surface area contributed by atoms with E-state index < -0.39 is 6.03 Å². The molecule has 0 aromatic rings. The first-order valence-corrected chi connectivity index (χ1v) is 5.37. The lowest BCUT2D eigenvalue weighted by Gasteiger charge is -2.35. The number of nitrogens with two attached hydrogens (primary N) is 1. The van der Waals surface area contributed by atoms with E-state index in [0.29, 0.717) is 5.92 Å². The van der Waals surface area contributed by atoms with Crippen LogP contribution in [0, 0.1) is 11.8 Å². The Hall–Kier alpha value is -1.06. The predicted molar refractivity (Wildman–Crippen MR) is 54.8 cm³/mol. The third-order valence-electron chi connectivity index (χ3n) is 3.37. The molecule has 78 valence electrons. The molecule has 2 aliphatic carbocycles. The van der Waals surface area contributed by atoms with Crippen LogP contribution in [0.1, 0.15) is 38.5 Å². The fourth-order valence-electron chi connectivity index (χ4n) is 2.69. The van der Waals surface area contributed by atoms with Gasteiger partial charge in [-0.3, -0.25) is 0 Å². The largest absolute Gasteiger partial charge is 0.350 e.